The number of benzene rings is 1. The van der Waals surface area contributed by atoms with Gasteiger partial charge in [0.25, 0.3) is 0 Å². The summed E-state index contributed by atoms with van der Waals surface area (Å²) in [6, 6.07) is 6.22. The van der Waals surface area contributed by atoms with Crippen molar-refractivity contribution in [1.82, 2.24) is 0 Å². The van der Waals surface area contributed by atoms with Gasteiger partial charge in [-0.25, -0.2) is 0 Å². The van der Waals surface area contributed by atoms with E-state index in [1.807, 2.05) is 12.1 Å². The summed E-state index contributed by atoms with van der Waals surface area (Å²) in [6.07, 6.45) is 0.931. The Balaban J connectivity index is 2.43. The van der Waals surface area contributed by atoms with Crippen molar-refractivity contribution in [2.24, 2.45) is 5.73 Å². The minimum Gasteiger partial charge on any atom is -0.373 e. The third kappa shape index (κ3) is 1.64. The van der Waals surface area contributed by atoms with Gasteiger partial charge in [0.1, 0.15) is 0 Å². The lowest BCUT2D eigenvalue weighted by molar-refractivity contribution is 0.628. The standard InChI is InChI=1S/C10H13ClN2/c1-13-6-9(12)5-7-4-8(11)2-3-10(7)13/h2-4,9H,5-6,12H2,1H3. The van der Waals surface area contributed by atoms with Crippen LogP contribution in [0.1, 0.15) is 5.56 Å². The first-order valence-electron chi connectivity index (χ1n) is 4.42. The normalized spacial score (nSPS) is 21.5. The molecule has 0 bridgehead atoms. The summed E-state index contributed by atoms with van der Waals surface area (Å²) in [6.45, 7) is 0.925. The largest absolute Gasteiger partial charge is 0.373 e. The van der Waals surface area contributed by atoms with Crippen LogP contribution in [0.25, 0.3) is 0 Å². The topological polar surface area (TPSA) is 29.3 Å². The molecule has 1 aliphatic heterocycles. The van der Waals surface area contributed by atoms with Crippen LogP contribution in [0.3, 0.4) is 0 Å². The Bertz CT molecular complexity index is 325. The first-order chi connectivity index (χ1) is 6.16. The molecule has 0 saturated carbocycles. The fourth-order valence-corrected chi connectivity index (χ4v) is 2.08. The van der Waals surface area contributed by atoms with E-state index in [1.165, 1.54) is 11.3 Å². The third-order valence-corrected chi connectivity index (χ3v) is 2.68. The first kappa shape index (κ1) is 8.85. The maximum atomic E-state index is 5.91. The highest BCUT2D eigenvalue weighted by Gasteiger charge is 2.18. The van der Waals surface area contributed by atoms with E-state index in [0.717, 1.165) is 18.0 Å². The van der Waals surface area contributed by atoms with Gasteiger partial charge in [0.15, 0.2) is 0 Å². The number of hydrogen-bond donors (Lipinski definition) is 1. The summed E-state index contributed by atoms with van der Waals surface area (Å²) in [7, 11) is 2.06. The molecule has 0 fully saturated rings. The second kappa shape index (κ2) is 3.20. The molecular formula is C10H13ClN2. The summed E-state index contributed by atoms with van der Waals surface area (Å²) < 4.78 is 0. The average Bonchev–Trinajstić information content (AvgIpc) is 2.02. The van der Waals surface area contributed by atoms with Gasteiger partial charge in [-0.3, -0.25) is 0 Å². The molecule has 1 heterocycles. The highest BCUT2D eigenvalue weighted by Crippen LogP contribution is 2.27. The molecule has 0 amide bonds. The number of anilines is 1. The number of nitrogens with two attached hydrogens (primary N) is 1. The number of nitrogens with zero attached hydrogens (tertiary/aromatic N) is 1. The number of halogens is 1. The van der Waals surface area contributed by atoms with Crippen molar-refractivity contribution >= 4 is 17.3 Å². The quantitative estimate of drug-likeness (QED) is 0.684. The Morgan fingerprint density at radius 2 is 2.31 bits per heavy atom. The molecule has 1 aliphatic rings. The lowest BCUT2D eigenvalue weighted by Crippen LogP contribution is -2.41. The molecule has 0 aromatic heterocycles. The highest BCUT2D eigenvalue weighted by atomic mass is 35.5. The molecular weight excluding hydrogens is 184 g/mol. The molecule has 0 spiro atoms. The molecule has 1 unspecified atom stereocenters. The molecule has 1 aromatic rings. The van der Waals surface area contributed by atoms with Gasteiger partial charge < -0.3 is 10.6 Å². The van der Waals surface area contributed by atoms with Gasteiger partial charge in [0.2, 0.25) is 0 Å². The van der Waals surface area contributed by atoms with Gasteiger partial charge in [-0.1, -0.05) is 11.6 Å². The Hall–Kier alpha value is -0.730. The van der Waals surface area contributed by atoms with E-state index in [-0.39, 0.29) is 6.04 Å². The zero-order chi connectivity index (χ0) is 9.42. The molecule has 0 radical (unpaired) electrons. The van der Waals surface area contributed by atoms with Crippen molar-refractivity contribution in [1.29, 1.82) is 0 Å². The number of likely N-dealkylation sites (N-methyl/N-ethyl adjacent to an activating group) is 1. The molecule has 0 saturated heterocycles. The fourth-order valence-electron chi connectivity index (χ4n) is 1.89. The molecule has 1 aromatic carbocycles. The lowest BCUT2D eigenvalue weighted by Gasteiger charge is -2.31. The smallest absolute Gasteiger partial charge is 0.0410 e. The van der Waals surface area contributed by atoms with Crippen molar-refractivity contribution in [2.75, 3.05) is 18.5 Å². The van der Waals surface area contributed by atoms with E-state index in [1.54, 1.807) is 0 Å². The monoisotopic (exact) mass is 196 g/mol. The van der Waals surface area contributed by atoms with Crippen LogP contribution in [0.5, 0.6) is 0 Å². The van der Waals surface area contributed by atoms with E-state index in [4.69, 9.17) is 17.3 Å². The van der Waals surface area contributed by atoms with Crippen LogP contribution >= 0.6 is 11.6 Å². The molecule has 2 rings (SSSR count). The van der Waals surface area contributed by atoms with Gasteiger partial charge in [0.05, 0.1) is 0 Å². The maximum Gasteiger partial charge on any atom is 0.0410 e. The number of hydrogen-bond acceptors (Lipinski definition) is 2. The van der Waals surface area contributed by atoms with Gasteiger partial charge >= 0.3 is 0 Å². The fraction of sp³-hybridized carbons (Fsp3) is 0.400. The maximum absolute atomic E-state index is 5.91. The molecule has 2 nitrogen and oxygen atoms in total. The van der Waals surface area contributed by atoms with E-state index in [0.29, 0.717) is 0 Å². The molecule has 1 atom stereocenters. The summed E-state index contributed by atoms with van der Waals surface area (Å²) in [5, 5.41) is 0.793. The predicted molar refractivity (Wildman–Crippen MR) is 56.4 cm³/mol. The van der Waals surface area contributed by atoms with Crippen LogP contribution in [-0.2, 0) is 6.42 Å². The summed E-state index contributed by atoms with van der Waals surface area (Å²) in [4.78, 5) is 2.18. The number of rotatable bonds is 0. The van der Waals surface area contributed by atoms with E-state index in [2.05, 4.69) is 18.0 Å². The summed E-state index contributed by atoms with van der Waals surface area (Å²) >= 11 is 5.91. The molecule has 0 aliphatic carbocycles. The van der Waals surface area contributed by atoms with Crippen LogP contribution in [0.15, 0.2) is 18.2 Å². The molecule has 70 valence electrons. The van der Waals surface area contributed by atoms with Crippen molar-refractivity contribution in [3.05, 3.63) is 28.8 Å². The van der Waals surface area contributed by atoms with Crippen LogP contribution < -0.4 is 10.6 Å². The minimum atomic E-state index is 0.232. The molecule has 3 heteroatoms. The Labute approximate surface area is 83.3 Å². The van der Waals surface area contributed by atoms with Crippen LogP contribution in [0.4, 0.5) is 5.69 Å². The first-order valence-corrected chi connectivity index (χ1v) is 4.80. The van der Waals surface area contributed by atoms with Gasteiger partial charge in [-0.2, -0.15) is 0 Å². The Kier molecular flexibility index (Phi) is 2.18. The zero-order valence-corrected chi connectivity index (χ0v) is 8.38. The number of fused-ring (bicyclic) bond motifs is 1. The Morgan fingerprint density at radius 1 is 1.54 bits per heavy atom. The van der Waals surface area contributed by atoms with E-state index < -0.39 is 0 Å². The van der Waals surface area contributed by atoms with Crippen molar-refractivity contribution in [3.63, 3.8) is 0 Å². The Morgan fingerprint density at radius 3 is 3.08 bits per heavy atom. The van der Waals surface area contributed by atoms with Gasteiger partial charge in [-0.15, -0.1) is 0 Å². The third-order valence-electron chi connectivity index (χ3n) is 2.44. The summed E-state index contributed by atoms with van der Waals surface area (Å²) in [5.41, 5.74) is 8.42. The molecule has 13 heavy (non-hydrogen) atoms. The van der Waals surface area contributed by atoms with Gasteiger partial charge in [-0.05, 0) is 30.2 Å². The van der Waals surface area contributed by atoms with Crippen LogP contribution in [0, 0.1) is 0 Å². The highest BCUT2D eigenvalue weighted by molar-refractivity contribution is 6.30. The van der Waals surface area contributed by atoms with E-state index in [9.17, 15) is 0 Å². The second-order valence-corrected chi connectivity index (χ2v) is 4.05. The SMILES string of the molecule is CN1CC(N)Cc2cc(Cl)ccc21. The van der Waals surface area contributed by atoms with Crippen molar-refractivity contribution in [2.45, 2.75) is 12.5 Å². The molecule has 2 N–H and O–H groups in total. The van der Waals surface area contributed by atoms with Gasteiger partial charge in [0, 0.05) is 30.3 Å². The summed E-state index contributed by atoms with van der Waals surface area (Å²) in [5.74, 6) is 0. The minimum absolute atomic E-state index is 0.232. The second-order valence-electron chi connectivity index (χ2n) is 3.62. The lowest BCUT2D eigenvalue weighted by atomic mass is 9.99. The van der Waals surface area contributed by atoms with Crippen LogP contribution in [0.2, 0.25) is 5.02 Å². The predicted octanol–water partition coefficient (Wildman–Crippen LogP) is 1.66. The van der Waals surface area contributed by atoms with Crippen molar-refractivity contribution < 1.29 is 0 Å². The van der Waals surface area contributed by atoms with E-state index >= 15 is 0 Å². The van der Waals surface area contributed by atoms with Crippen molar-refractivity contribution in [3.8, 4) is 0 Å². The van der Waals surface area contributed by atoms with Crippen LogP contribution in [-0.4, -0.2) is 19.6 Å². The average molecular weight is 197 g/mol. The zero-order valence-electron chi connectivity index (χ0n) is 7.63.